The molecule has 0 radical (unpaired) electrons. The number of benzene rings is 1. The van der Waals surface area contributed by atoms with E-state index in [1.165, 1.54) is 23.9 Å². The standard InChI is InChI=1S/C17H22N2O5S2/c1-4-26(21,22)13-5-6-15-14(7-13)18-17(24-15)25-10-16(20)19-8-11(2)23-12(3)9-19/h5-7,11-12H,4,8-10H2,1-3H3/t11-,12+. The molecule has 1 aromatic carbocycles. The summed E-state index contributed by atoms with van der Waals surface area (Å²) in [4.78, 5) is 18.7. The second-order valence-corrected chi connectivity index (χ2v) is 9.56. The molecule has 2 aromatic rings. The van der Waals surface area contributed by atoms with Gasteiger partial charge in [-0.15, -0.1) is 0 Å². The van der Waals surface area contributed by atoms with E-state index in [2.05, 4.69) is 4.98 Å². The summed E-state index contributed by atoms with van der Waals surface area (Å²) < 4.78 is 35.2. The number of aromatic nitrogens is 1. The third-order valence-corrected chi connectivity index (χ3v) is 6.72. The quantitative estimate of drug-likeness (QED) is 0.714. The van der Waals surface area contributed by atoms with Crippen LogP contribution in [0.2, 0.25) is 0 Å². The molecule has 0 spiro atoms. The van der Waals surface area contributed by atoms with Crippen LogP contribution in [-0.2, 0) is 19.4 Å². The highest BCUT2D eigenvalue weighted by molar-refractivity contribution is 7.99. The third-order valence-electron chi connectivity index (χ3n) is 4.17. The monoisotopic (exact) mass is 398 g/mol. The maximum atomic E-state index is 12.4. The minimum absolute atomic E-state index is 0.00788. The number of fused-ring (bicyclic) bond motifs is 1. The predicted molar refractivity (Wildman–Crippen MR) is 99.0 cm³/mol. The number of morpholine rings is 1. The van der Waals surface area contributed by atoms with Gasteiger partial charge in [-0.1, -0.05) is 18.7 Å². The first-order chi connectivity index (χ1) is 12.3. The van der Waals surface area contributed by atoms with Gasteiger partial charge >= 0.3 is 0 Å². The molecule has 1 fully saturated rings. The Balaban J connectivity index is 1.68. The van der Waals surface area contributed by atoms with Crippen LogP contribution in [0.3, 0.4) is 0 Å². The van der Waals surface area contributed by atoms with E-state index in [9.17, 15) is 13.2 Å². The van der Waals surface area contributed by atoms with Crippen LogP contribution in [0.1, 0.15) is 20.8 Å². The number of oxazole rings is 1. The lowest BCUT2D eigenvalue weighted by Crippen LogP contribution is -2.48. The fraction of sp³-hybridized carbons (Fsp3) is 0.529. The van der Waals surface area contributed by atoms with Gasteiger partial charge in [0.25, 0.3) is 5.22 Å². The molecule has 1 aromatic heterocycles. The first-order valence-electron chi connectivity index (χ1n) is 8.48. The Morgan fingerprint density at radius 3 is 2.65 bits per heavy atom. The maximum Gasteiger partial charge on any atom is 0.257 e. The Morgan fingerprint density at radius 1 is 1.31 bits per heavy atom. The number of thioether (sulfide) groups is 1. The second-order valence-electron chi connectivity index (χ2n) is 6.36. The van der Waals surface area contributed by atoms with Crippen molar-refractivity contribution in [3.8, 4) is 0 Å². The molecule has 3 rings (SSSR count). The molecule has 0 N–H and O–H groups in total. The molecule has 2 heterocycles. The van der Waals surface area contributed by atoms with Gasteiger partial charge in [-0.2, -0.15) is 0 Å². The van der Waals surface area contributed by atoms with Crippen molar-refractivity contribution in [3.05, 3.63) is 18.2 Å². The minimum Gasteiger partial charge on any atom is -0.431 e. The zero-order chi connectivity index (χ0) is 18.9. The summed E-state index contributed by atoms with van der Waals surface area (Å²) in [6.07, 6.45) is 0.0481. The van der Waals surface area contributed by atoms with E-state index in [0.29, 0.717) is 29.4 Å². The van der Waals surface area contributed by atoms with Crippen LogP contribution in [0.5, 0.6) is 0 Å². The van der Waals surface area contributed by atoms with Gasteiger partial charge in [-0.25, -0.2) is 13.4 Å². The van der Waals surface area contributed by atoms with E-state index in [1.807, 2.05) is 13.8 Å². The maximum absolute atomic E-state index is 12.4. The Morgan fingerprint density at radius 2 is 2.00 bits per heavy atom. The van der Waals surface area contributed by atoms with Crippen LogP contribution in [-0.4, -0.2) is 61.0 Å². The zero-order valence-electron chi connectivity index (χ0n) is 15.0. The SMILES string of the molecule is CCS(=O)(=O)c1ccc2oc(SCC(=O)N3C[C@@H](C)O[C@@H](C)C3)nc2c1. The van der Waals surface area contributed by atoms with Crippen LogP contribution < -0.4 is 0 Å². The molecule has 1 saturated heterocycles. The molecule has 1 aliphatic rings. The van der Waals surface area contributed by atoms with Crippen LogP contribution in [0.4, 0.5) is 0 Å². The lowest BCUT2D eigenvalue weighted by atomic mass is 10.2. The molecular formula is C17H22N2O5S2. The number of hydrogen-bond donors (Lipinski definition) is 0. The third kappa shape index (κ3) is 4.21. The van der Waals surface area contributed by atoms with Crippen molar-refractivity contribution in [3.63, 3.8) is 0 Å². The lowest BCUT2D eigenvalue weighted by Gasteiger charge is -2.35. The summed E-state index contributed by atoms with van der Waals surface area (Å²) in [5, 5.41) is 0.355. The molecule has 0 bridgehead atoms. The molecule has 0 aliphatic carbocycles. The average Bonchev–Trinajstić information content (AvgIpc) is 3.00. The fourth-order valence-electron chi connectivity index (χ4n) is 2.90. The number of carbonyl (C=O) groups excluding carboxylic acids is 1. The molecule has 2 atom stereocenters. The predicted octanol–water partition coefficient (Wildman–Crippen LogP) is 2.35. The molecule has 7 nitrogen and oxygen atoms in total. The Hall–Kier alpha value is -1.58. The molecule has 1 amide bonds. The second kappa shape index (κ2) is 7.58. The van der Waals surface area contributed by atoms with E-state index < -0.39 is 9.84 Å². The van der Waals surface area contributed by atoms with Crippen molar-refractivity contribution in [1.82, 2.24) is 9.88 Å². The number of rotatable bonds is 5. The summed E-state index contributed by atoms with van der Waals surface area (Å²) in [5.74, 6) is 0.253. The van der Waals surface area contributed by atoms with Crippen molar-refractivity contribution in [2.75, 3.05) is 24.6 Å². The van der Waals surface area contributed by atoms with E-state index in [4.69, 9.17) is 9.15 Å². The van der Waals surface area contributed by atoms with Gasteiger partial charge in [0.1, 0.15) is 5.52 Å². The van der Waals surface area contributed by atoms with Crippen LogP contribution in [0.15, 0.2) is 32.7 Å². The van der Waals surface area contributed by atoms with Crippen molar-refractivity contribution in [2.45, 2.75) is 43.1 Å². The van der Waals surface area contributed by atoms with Crippen LogP contribution in [0.25, 0.3) is 11.1 Å². The van der Waals surface area contributed by atoms with Gasteiger partial charge in [-0.3, -0.25) is 4.79 Å². The highest BCUT2D eigenvalue weighted by Crippen LogP contribution is 2.26. The average molecular weight is 399 g/mol. The van der Waals surface area contributed by atoms with Gasteiger partial charge in [-0.05, 0) is 32.0 Å². The highest BCUT2D eigenvalue weighted by Gasteiger charge is 2.26. The molecule has 1 aliphatic heterocycles. The smallest absolute Gasteiger partial charge is 0.257 e. The summed E-state index contributed by atoms with van der Waals surface area (Å²) in [6.45, 7) is 6.66. The van der Waals surface area contributed by atoms with Gasteiger partial charge in [0.05, 0.1) is 28.6 Å². The summed E-state index contributed by atoms with van der Waals surface area (Å²) >= 11 is 1.21. The topological polar surface area (TPSA) is 89.7 Å². The molecule has 0 saturated carbocycles. The number of ether oxygens (including phenoxy) is 1. The van der Waals surface area contributed by atoms with Gasteiger partial charge in [0.2, 0.25) is 5.91 Å². The highest BCUT2D eigenvalue weighted by atomic mass is 32.2. The Kier molecular flexibility index (Phi) is 5.59. The lowest BCUT2D eigenvalue weighted by molar-refractivity contribution is -0.140. The van der Waals surface area contributed by atoms with Crippen LogP contribution in [0, 0.1) is 0 Å². The minimum atomic E-state index is -3.29. The van der Waals surface area contributed by atoms with Crippen molar-refractivity contribution in [1.29, 1.82) is 0 Å². The van der Waals surface area contributed by atoms with E-state index >= 15 is 0 Å². The number of amides is 1. The van der Waals surface area contributed by atoms with Gasteiger partial charge in [0.15, 0.2) is 15.4 Å². The summed E-state index contributed by atoms with van der Waals surface area (Å²) in [7, 11) is -3.29. The zero-order valence-corrected chi connectivity index (χ0v) is 16.6. The number of carbonyl (C=O) groups is 1. The molecule has 9 heteroatoms. The molecule has 142 valence electrons. The molecular weight excluding hydrogens is 376 g/mol. The van der Waals surface area contributed by atoms with Crippen molar-refractivity contribution >= 4 is 38.6 Å². The largest absolute Gasteiger partial charge is 0.431 e. The summed E-state index contributed by atoms with van der Waals surface area (Å²) in [6, 6.07) is 4.62. The van der Waals surface area contributed by atoms with E-state index in [-0.39, 0.29) is 34.5 Å². The molecule has 0 unspecified atom stereocenters. The Bertz CT molecular complexity index is 899. The van der Waals surface area contributed by atoms with Gasteiger partial charge in [0, 0.05) is 13.1 Å². The Labute approximate surface area is 157 Å². The fourth-order valence-corrected chi connectivity index (χ4v) is 4.55. The number of sulfone groups is 1. The van der Waals surface area contributed by atoms with Crippen LogP contribution >= 0.6 is 11.8 Å². The van der Waals surface area contributed by atoms with E-state index in [0.717, 1.165) is 0 Å². The van der Waals surface area contributed by atoms with E-state index in [1.54, 1.807) is 17.9 Å². The van der Waals surface area contributed by atoms with Crippen molar-refractivity contribution in [2.24, 2.45) is 0 Å². The summed E-state index contributed by atoms with van der Waals surface area (Å²) in [5.41, 5.74) is 0.978. The number of nitrogens with zero attached hydrogens (tertiary/aromatic N) is 2. The van der Waals surface area contributed by atoms with Gasteiger partial charge < -0.3 is 14.1 Å². The first-order valence-corrected chi connectivity index (χ1v) is 11.1. The normalized spacial score (nSPS) is 21.3. The first kappa shape index (κ1) is 19.2. The van der Waals surface area contributed by atoms with Crippen molar-refractivity contribution < 1.29 is 22.4 Å². The molecule has 26 heavy (non-hydrogen) atoms. The number of hydrogen-bond acceptors (Lipinski definition) is 7.